The van der Waals surface area contributed by atoms with Crippen molar-refractivity contribution in [2.45, 2.75) is 11.1 Å². The summed E-state index contributed by atoms with van der Waals surface area (Å²) in [6, 6.07) is 16.9. The van der Waals surface area contributed by atoms with Crippen LogP contribution < -0.4 is 4.83 Å². The smallest absolute Gasteiger partial charge is 0.200 e. The summed E-state index contributed by atoms with van der Waals surface area (Å²) >= 11 is 0. The van der Waals surface area contributed by atoms with E-state index in [-0.39, 0.29) is 10.6 Å². The number of halogens is 3. The van der Waals surface area contributed by atoms with Crippen molar-refractivity contribution in [3.05, 3.63) is 83.7 Å². The summed E-state index contributed by atoms with van der Waals surface area (Å²) in [7, 11) is -4.10. The lowest BCUT2D eigenvalue weighted by atomic mass is 10.2. The summed E-state index contributed by atoms with van der Waals surface area (Å²) in [6.07, 6.45) is -1.80. The summed E-state index contributed by atoms with van der Waals surface area (Å²) in [6.45, 7) is 0. The summed E-state index contributed by atoms with van der Waals surface area (Å²) in [5.74, 6) is 0. The first kappa shape index (κ1) is 18.7. The van der Waals surface area contributed by atoms with E-state index in [1.54, 1.807) is 42.5 Å². The number of alkyl halides is 3. The van der Waals surface area contributed by atoms with Crippen LogP contribution in [0.15, 0.2) is 71.6 Å². The van der Waals surface area contributed by atoms with E-state index in [1.807, 2.05) is 0 Å². The van der Waals surface area contributed by atoms with Crippen molar-refractivity contribution in [1.29, 1.82) is 0 Å². The number of sulfonamides is 1. The lowest BCUT2D eigenvalue weighted by Crippen LogP contribution is -2.25. The van der Waals surface area contributed by atoms with Crippen molar-refractivity contribution in [2.75, 3.05) is 4.83 Å². The van der Waals surface area contributed by atoms with Crippen LogP contribution in [0.5, 0.6) is 0 Å². The van der Waals surface area contributed by atoms with E-state index in [2.05, 4.69) is 9.93 Å². The van der Waals surface area contributed by atoms with E-state index in [0.29, 0.717) is 4.79 Å². The van der Waals surface area contributed by atoms with Gasteiger partial charge in [-0.1, -0.05) is 54.6 Å². The van der Waals surface area contributed by atoms with E-state index < -0.39 is 21.9 Å². The van der Waals surface area contributed by atoms with Crippen LogP contribution in [0.1, 0.15) is 17.0 Å². The summed E-state index contributed by atoms with van der Waals surface area (Å²) in [5, 5.41) is 3.35. The molecule has 1 aromatic heterocycles. The molecule has 0 unspecified atom stereocenters. The van der Waals surface area contributed by atoms with Gasteiger partial charge in [0.25, 0.3) is 10.0 Å². The first-order valence-corrected chi connectivity index (χ1v) is 9.22. The van der Waals surface area contributed by atoms with Gasteiger partial charge in [-0.3, -0.25) is 0 Å². The van der Waals surface area contributed by atoms with Crippen LogP contribution in [-0.2, 0) is 16.2 Å². The second-order valence-electron chi connectivity index (χ2n) is 5.52. The monoisotopic (exact) mass is 393 g/mol. The molecule has 0 radical (unpaired) electrons. The molecular formula is C18H14F3N3O2S. The Bertz CT molecular complexity index is 1040. The average Bonchev–Trinajstić information content (AvgIpc) is 3.04. The zero-order valence-corrected chi connectivity index (χ0v) is 14.6. The highest BCUT2D eigenvalue weighted by Crippen LogP contribution is 2.29. The van der Waals surface area contributed by atoms with Gasteiger partial charge in [-0.2, -0.15) is 31.2 Å². The zero-order chi connectivity index (χ0) is 19.5. The Kier molecular flexibility index (Phi) is 5.04. The predicted octanol–water partition coefficient (Wildman–Crippen LogP) is 4.00. The van der Waals surface area contributed by atoms with E-state index >= 15 is 0 Å². The van der Waals surface area contributed by atoms with E-state index in [4.69, 9.17) is 0 Å². The second kappa shape index (κ2) is 7.28. The minimum absolute atomic E-state index is 0.0642. The highest BCUT2D eigenvalue weighted by molar-refractivity contribution is 7.92. The molecule has 0 aliphatic heterocycles. The zero-order valence-electron chi connectivity index (χ0n) is 13.8. The molecule has 27 heavy (non-hydrogen) atoms. The summed E-state index contributed by atoms with van der Waals surface area (Å²) < 4.78 is 63.9. The molecule has 0 saturated heterocycles. The molecule has 2 aromatic carbocycles. The number of aromatic nitrogens is 2. The molecule has 3 aromatic rings. The maximum absolute atomic E-state index is 13.0. The van der Waals surface area contributed by atoms with E-state index in [0.717, 1.165) is 11.6 Å². The summed E-state index contributed by atoms with van der Waals surface area (Å²) in [4.78, 5) is 2.57. The molecule has 1 N–H and O–H groups in total. The average molecular weight is 393 g/mol. The van der Waals surface area contributed by atoms with Crippen molar-refractivity contribution < 1.29 is 21.6 Å². The Morgan fingerprint density at radius 1 is 0.926 bits per heavy atom. The number of hydrogen-bond acceptors (Lipinski definition) is 3. The molecule has 1 heterocycles. The van der Waals surface area contributed by atoms with E-state index in [9.17, 15) is 21.6 Å². The van der Waals surface area contributed by atoms with Gasteiger partial charge in [-0.15, -0.1) is 5.10 Å². The van der Waals surface area contributed by atoms with Crippen LogP contribution in [-0.4, -0.2) is 18.3 Å². The Labute approximate surface area is 153 Å². The summed E-state index contributed by atoms with van der Waals surface area (Å²) in [5.41, 5.74) is -0.526. The van der Waals surface area contributed by atoms with Crippen LogP contribution in [0, 0.1) is 0 Å². The molecule has 0 bridgehead atoms. The standard InChI is InChI=1S/C18H14F3N3O2S/c19-18(20,21)17-13-15(12-11-14-7-3-1-4-8-14)24(22-17)23-27(25,26)16-9-5-2-6-10-16/h1-13,23H. The van der Waals surface area contributed by atoms with Gasteiger partial charge in [0, 0.05) is 0 Å². The topological polar surface area (TPSA) is 64.0 Å². The van der Waals surface area contributed by atoms with Crippen molar-refractivity contribution in [1.82, 2.24) is 9.89 Å². The molecule has 0 aliphatic rings. The molecule has 0 aliphatic carbocycles. The number of nitrogens with one attached hydrogen (secondary N) is 1. The third-order valence-corrected chi connectivity index (χ3v) is 4.84. The molecule has 9 heteroatoms. The van der Waals surface area contributed by atoms with Gasteiger partial charge in [0.05, 0.1) is 10.6 Å². The molecule has 0 amide bonds. The number of rotatable bonds is 5. The maximum atomic E-state index is 13.0. The van der Waals surface area contributed by atoms with Gasteiger partial charge in [-0.05, 0) is 29.8 Å². The number of nitrogens with zero attached hydrogens (tertiary/aromatic N) is 2. The van der Waals surface area contributed by atoms with Crippen LogP contribution in [0.25, 0.3) is 12.2 Å². The minimum Gasteiger partial charge on any atom is -0.200 e. The molecule has 5 nitrogen and oxygen atoms in total. The Balaban J connectivity index is 1.98. The number of hydrogen-bond donors (Lipinski definition) is 1. The van der Waals surface area contributed by atoms with Crippen LogP contribution in [0.2, 0.25) is 0 Å². The Hall–Kier alpha value is -3.07. The van der Waals surface area contributed by atoms with Crippen LogP contribution in [0.4, 0.5) is 13.2 Å². The van der Waals surface area contributed by atoms with E-state index in [1.165, 1.54) is 30.3 Å². The minimum atomic E-state index is -4.71. The third-order valence-electron chi connectivity index (χ3n) is 3.53. The van der Waals surface area contributed by atoms with Gasteiger partial charge in [0.2, 0.25) is 0 Å². The molecule has 0 saturated carbocycles. The van der Waals surface area contributed by atoms with Gasteiger partial charge < -0.3 is 0 Å². The highest BCUT2D eigenvalue weighted by atomic mass is 32.2. The fraction of sp³-hybridized carbons (Fsp3) is 0.0556. The number of benzene rings is 2. The second-order valence-corrected chi connectivity index (χ2v) is 7.18. The fourth-order valence-corrected chi connectivity index (χ4v) is 3.23. The maximum Gasteiger partial charge on any atom is 0.435 e. The fourth-order valence-electron chi connectivity index (χ4n) is 2.24. The first-order chi connectivity index (χ1) is 12.8. The first-order valence-electron chi connectivity index (χ1n) is 7.74. The molecule has 140 valence electrons. The lowest BCUT2D eigenvalue weighted by molar-refractivity contribution is -0.141. The normalized spacial score (nSPS) is 12.4. The van der Waals surface area contributed by atoms with Crippen molar-refractivity contribution in [3.8, 4) is 0 Å². The van der Waals surface area contributed by atoms with Crippen LogP contribution >= 0.6 is 0 Å². The van der Waals surface area contributed by atoms with Gasteiger partial charge in [-0.25, -0.2) is 0 Å². The van der Waals surface area contributed by atoms with Crippen molar-refractivity contribution in [2.24, 2.45) is 0 Å². The van der Waals surface area contributed by atoms with Gasteiger partial charge in [0.15, 0.2) is 5.69 Å². The Morgan fingerprint density at radius 3 is 2.11 bits per heavy atom. The SMILES string of the molecule is O=S(=O)(Nn1nc(C(F)(F)F)cc1C=Cc1ccccc1)c1ccccc1. The molecule has 0 fully saturated rings. The molecular weight excluding hydrogens is 379 g/mol. The van der Waals surface area contributed by atoms with Crippen molar-refractivity contribution in [3.63, 3.8) is 0 Å². The highest BCUT2D eigenvalue weighted by Gasteiger charge is 2.35. The van der Waals surface area contributed by atoms with Crippen LogP contribution in [0.3, 0.4) is 0 Å². The Morgan fingerprint density at radius 2 is 1.52 bits per heavy atom. The quantitative estimate of drug-likeness (QED) is 0.713. The van der Waals surface area contributed by atoms with Gasteiger partial charge >= 0.3 is 6.18 Å². The third kappa shape index (κ3) is 4.56. The predicted molar refractivity (Wildman–Crippen MR) is 95.6 cm³/mol. The molecule has 0 atom stereocenters. The molecule has 3 rings (SSSR count). The lowest BCUT2D eigenvalue weighted by Gasteiger charge is -2.09. The van der Waals surface area contributed by atoms with Gasteiger partial charge in [0.1, 0.15) is 0 Å². The largest absolute Gasteiger partial charge is 0.435 e. The van der Waals surface area contributed by atoms with Crippen molar-refractivity contribution >= 4 is 22.2 Å². The molecule has 0 spiro atoms.